The summed E-state index contributed by atoms with van der Waals surface area (Å²) in [7, 11) is 0. The van der Waals surface area contributed by atoms with E-state index in [2.05, 4.69) is 17.1 Å². The number of aryl methyl sites for hydroxylation is 1. The molecule has 1 aliphatic heterocycles. The van der Waals surface area contributed by atoms with Gasteiger partial charge in [-0.3, -0.25) is 10.1 Å². The van der Waals surface area contributed by atoms with Crippen LogP contribution in [0.15, 0.2) is 24.3 Å². The van der Waals surface area contributed by atoms with Gasteiger partial charge in [0.15, 0.2) is 6.61 Å². The Balaban J connectivity index is 1.47. The minimum Gasteiger partial charge on any atom is -0.484 e. The van der Waals surface area contributed by atoms with Crippen LogP contribution in [0.2, 0.25) is 0 Å². The highest BCUT2D eigenvalue weighted by Gasteiger charge is 2.41. The van der Waals surface area contributed by atoms with Crippen molar-refractivity contribution in [3.8, 4) is 5.75 Å². The lowest BCUT2D eigenvalue weighted by Gasteiger charge is -2.48. The highest BCUT2D eigenvalue weighted by atomic mass is 16.5. The molecule has 4 rings (SSSR count). The number of nitrogens with zero attached hydrogens (tertiary/aromatic N) is 1. The second-order valence-electron chi connectivity index (χ2n) is 10.7. The summed E-state index contributed by atoms with van der Waals surface area (Å²) >= 11 is 0. The number of piperidine rings is 1. The van der Waals surface area contributed by atoms with Crippen molar-refractivity contribution in [2.75, 3.05) is 13.2 Å². The van der Waals surface area contributed by atoms with Crippen LogP contribution in [0.3, 0.4) is 0 Å². The molecule has 1 atom stereocenters. The Morgan fingerprint density at radius 3 is 2.25 bits per heavy atom. The van der Waals surface area contributed by atoms with E-state index in [1.807, 2.05) is 24.3 Å². The molecule has 2 saturated carbocycles. The van der Waals surface area contributed by atoms with Crippen LogP contribution in [0, 0.1) is 12.3 Å². The second kappa shape index (κ2) is 11.5. The largest absolute Gasteiger partial charge is 0.484 e. The molecule has 1 aromatic carbocycles. The average molecular weight is 441 g/mol. The number of nitrogens with one attached hydrogen (secondary N) is 1. The van der Waals surface area contributed by atoms with E-state index in [0.717, 1.165) is 31.6 Å². The molecule has 0 radical (unpaired) electrons. The van der Waals surface area contributed by atoms with E-state index < -0.39 is 0 Å². The summed E-state index contributed by atoms with van der Waals surface area (Å²) in [4.78, 5) is 15.8. The Bertz CT molecular complexity index is 701. The first-order valence-electron chi connectivity index (χ1n) is 13.4. The first kappa shape index (κ1) is 23.6. The first-order chi connectivity index (χ1) is 15.7. The van der Waals surface area contributed by atoms with E-state index in [9.17, 15) is 4.79 Å². The van der Waals surface area contributed by atoms with Crippen LogP contribution in [-0.2, 0) is 4.79 Å². The van der Waals surface area contributed by atoms with Gasteiger partial charge in [0.25, 0.3) is 5.91 Å². The van der Waals surface area contributed by atoms with Gasteiger partial charge >= 0.3 is 0 Å². The van der Waals surface area contributed by atoms with E-state index in [1.165, 1.54) is 82.6 Å². The zero-order valence-electron chi connectivity index (χ0n) is 20.2. The minimum absolute atomic E-state index is 0.144. The predicted molar refractivity (Wildman–Crippen MR) is 131 cm³/mol. The number of hydrogen-bond donors (Lipinski definition) is 1. The summed E-state index contributed by atoms with van der Waals surface area (Å²) in [6.07, 6.45) is 19.6. The van der Waals surface area contributed by atoms with E-state index in [4.69, 9.17) is 4.74 Å². The number of carbonyl (C=O) groups excluding carboxylic acids is 1. The van der Waals surface area contributed by atoms with E-state index in [-0.39, 0.29) is 18.7 Å². The monoisotopic (exact) mass is 440 g/mol. The van der Waals surface area contributed by atoms with Crippen molar-refractivity contribution in [2.24, 2.45) is 5.41 Å². The van der Waals surface area contributed by atoms with Gasteiger partial charge < -0.3 is 9.64 Å². The maximum Gasteiger partial charge on any atom is 0.262 e. The van der Waals surface area contributed by atoms with Crippen LogP contribution in [-0.4, -0.2) is 36.2 Å². The molecule has 3 aliphatic rings. The Kier molecular flexibility index (Phi) is 8.51. The van der Waals surface area contributed by atoms with Gasteiger partial charge in [0.05, 0.1) is 6.17 Å². The van der Waals surface area contributed by atoms with Gasteiger partial charge in [-0.2, -0.15) is 0 Å². The normalized spacial score (nSPS) is 24.8. The molecular formula is C28H44N2O2. The molecule has 2 aliphatic carbocycles. The SMILES string of the molecule is Cc1ccc(OCC(=O)N(C2CCCCC2)C2CC3(CCCCCCCC3)CCN2)cc1. The lowest BCUT2D eigenvalue weighted by Crippen LogP contribution is -2.59. The molecule has 1 unspecified atom stereocenters. The molecule has 32 heavy (non-hydrogen) atoms. The highest BCUT2D eigenvalue weighted by molar-refractivity contribution is 5.78. The zero-order valence-corrected chi connectivity index (χ0v) is 20.2. The Hall–Kier alpha value is -1.55. The molecule has 1 heterocycles. The molecule has 1 aromatic rings. The molecular weight excluding hydrogens is 396 g/mol. The summed E-state index contributed by atoms with van der Waals surface area (Å²) < 4.78 is 5.96. The van der Waals surface area contributed by atoms with E-state index in [0.29, 0.717) is 11.5 Å². The molecule has 4 heteroatoms. The van der Waals surface area contributed by atoms with E-state index in [1.54, 1.807) is 0 Å². The quantitative estimate of drug-likeness (QED) is 0.579. The van der Waals surface area contributed by atoms with Gasteiger partial charge in [0, 0.05) is 6.04 Å². The molecule has 0 aromatic heterocycles. The van der Waals surface area contributed by atoms with Crippen LogP contribution < -0.4 is 10.1 Å². The Labute approximate surface area is 195 Å². The van der Waals surface area contributed by atoms with Crippen molar-refractivity contribution in [3.63, 3.8) is 0 Å². The van der Waals surface area contributed by atoms with Crippen LogP contribution in [0.4, 0.5) is 0 Å². The standard InChI is InChI=1S/C28H44N2O2/c1-23-13-15-25(16-14-23)32-22-27(31)30(24-11-7-6-8-12-24)26-21-28(19-20-29-26)17-9-4-2-3-5-10-18-28/h13-16,24,26,29H,2-12,17-22H2,1H3. The average Bonchev–Trinajstić information content (AvgIpc) is 2.92. The van der Waals surface area contributed by atoms with E-state index >= 15 is 0 Å². The first-order valence-corrected chi connectivity index (χ1v) is 13.4. The van der Waals surface area contributed by atoms with Crippen LogP contribution in [0.5, 0.6) is 5.75 Å². The Morgan fingerprint density at radius 1 is 0.938 bits per heavy atom. The second-order valence-corrected chi connectivity index (χ2v) is 10.7. The number of hydrogen-bond acceptors (Lipinski definition) is 3. The van der Waals surface area contributed by atoms with Crippen LogP contribution in [0.25, 0.3) is 0 Å². The van der Waals surface area contributed by atoms with Crippen molar-refractivity contribution in [2.45, 2.75) is 115 Å². The van der Waals surface area contributed by atoms with Crippen molar-refractivity contribution in [1.29, 1.82) is 0 Å². The van der Waals surface area contributed by atoms with Crippen molar-refractivity contribution < 1.29 is 9.53 Å². The summed E-state index contributed by atoms with van der Waals surface area (Å²) in [5.41, 5.74) is 1.63. The number of carbonyl (C=O) groups is 1. The predicted octanol–water partition coefficient (Wildman–Crippen LogP) is 6.37. The van der Waals surface area contributed by atoms with Gasteiger partial charge in [-0.15, -0.1) is 0 Å². The topological polar surface area (TPSA) is 41.6 Å². The van der Waals surface area contributed by atoms with Gasteiger partial charge in [0.1, 0.15) is 5.75 Å². The smallest absolute Gasteiger partial charge is 0.262 e. The third kappa shape index (κ3) is 6.27. The number of ether oxygens (including phenoxy) is 1. The van der Waals surface area contributed by atoms with Crippen LogP contribution >= 0.6 is 0 Å². The maximum absolute atomic E-state index is 13.6. The van der Waals surface area contributed by atoms with Gasteiger partial charge in [-0.05, 0) is 69.5 Å². The third-order valence-electron chi connectivity index (χ3n) is 8.30. The maximum atomic E-state index is 13.6. The highest BCUT2D eigenvalue weighted by Crippen LogP contribution is 2.43. The fourth-order valence-corrected chi connectivity index (χ4v) is 6.42. The minimum atomic E-state index is 0.144. The number of rotatable bonds is 5. The Morgan fingerprint density at radius 2 is 1.56 bits per heavy atom. The molecule has 1 amide bonds. The molecule has 0 bridgehead atoms. The van der Waals surface area contributed by atoms with Crippen molar-refractivity contribution in [3.05, 3.63) is 29.8 Å². The van der Waals surface area contributed by atoms with Gasteiger partial charge in [-0.25, -0.2) is 0 Å². The molecule has 1 saturated heterocycles. The molecule has 1 N–H and O–H groups in total. The van der Waals surface area contributed by atoms with Gasteiger partial charge in [0.2, 0.25) is 0 Å². The molecule has 4 nitrogen and oxygen atoms in total. The third-order valence-corrected chi connectivity index (χ3v) is 8.30. The number of amides is 1. The summed E-state index contributed by atoms with van der Waals surface area (Å²) in [5, 5.41) is 3.78. The summed E-state index contributed by atoms with van der Waals surface area (Å²) in [5.74, 6) is 0.951. The van der Waals surface area contributed by atoms with Crippen molar-refractivity contribution in [1.82, 2.24) is 10.2 Å². The van der Waals surface area contributed by atoms with Gasteiger partial charge in [-0.1, -0.05) is 75.5 Å². The fraction of sp³-hybridized carbons (Fsp3) is 0.750. The molecule has 1 spiro atoms. The summed E-state index contributed by atoms with van der Waals surface area (Å²) in [6, 6.07) is 8.39. The molecule has 3 fully saturated rings. The zero-order chi connectivity index (χ0) is 22.2. The van der Waals surface area contributed by atoms with Crippen LogP contribution in [0.1, 0.15) is 102 Å². The lowest BCUT2D eigenvalue weighted by molar-refractivity contribution is -0.142. The molecule has 178 valence electrons. The fourth-order valence-electron chi connectivity index (χ4n) is 6.42. The summed E-state index contributed by atoms with van der Waals surface area (Å²) in [6.45, 7) is 3.26. The number of benzene rings is 1. The lowest BCUT2D eigenvalue weighted by atomic mass is 9.70. The van der Waals surface area contributed by atoms with Crippen molar-refractivity contribution >= 4 is 5.91 Å².